The molecular weight excluding hydrogens is 214 g/mol. The fourth-order valence-electron chi connectivity index (χ4n) is 2.01. The van der Waals surface area contributed by atoms with Crippen LogP contribution in [0.4, 0.5) is 0 Å². The van der Waals surface area contributed by atoms with Gasteiger partial charge in [0.05, 0.1) is 7.11 Å². The maximum Gasteiger partial charge on any atom is 0.322 e. The molecular formula is C14H19NO2. The first kappa shape index (κ1) is 12.1. The number of carbonyl (C=O) groups excluding carboxylic acids is 1. The summed E-state index contributed by atoms with van der Waals surface area (Å²) in [7, 11) is 1.42. The smallest absolute Gasteiger partial charge is 0.322 e. The zero-order valence-electron chi connectivity index (χ0n) is 10.4. The van der Waals surface area contributed by atoms with Crippen LogP contribution < -0.4 is 5.32 Å². The average Bonchev–Trinajstić information content (AvgIpc) is 3.19. The molecule has 1 fully saturated rings. The molecule has 0 bridgehead atoms. The first-order valence-corrected chi connectivity index (χ1v) is 6.11. The molecule has 1 atom stereocenters. The monoisotopic (exact) mass is 233 g/mol. The van der Waals surface area contributed by atoms with E-state index in [1.165, 1.54) is 31.1 Å². The number of carbonyl (C=O) groups is 1. The van der Waals surface area contributed by atoms with Crippen LogP contribution in [0, 0.1) is 0 Å². The predicted molar refractivity (Wildman–Crippen MR) is 66.7 cm³/mol. The van der Waals surface area contributed by atoms with Crippen LogP contribution in [0.15, 0.2) is 24.3 Å². The summed E-state index contributed by atoms with van der Waals surface area (Å²) in [5.74, 6) is 0.523. The van der Waals surface area contributed by atoms with Gasteiger partial charge in [-0.3, -0.25) is 4.79 Å². The molecule has 1 saturated carbocycles. The van der Waals surface area contributed by atoms with Gasteiger partial charge in [-0.1, -0.05) is 24.3 Å². The lowest BCUT2D eigenvalue weighted by atomic mass is 10.0. The van der Waals surface area contributed by atoms with Gasteiger partial charge in [0.15, 0.2) is 0 Å². The lowest BCUT2D eigenvalue weighted by molar-refractivity contribution is -0.142. The Morgan fingerprint density at radius 3 is 2.82 bits per heavy atom. The fourth-order valence-corrected chi connectivity index (χ4v) is 2.01. The molecule has 0 radical (unpaired) electrons. The van der Waals surface area contributed by atoms with E-state index >= 15 is 0 Å². The highest BCUT2D eigenvalue weighted by Gasteiger charge is 2.25. The van der Waals surface area contributed by atoms with Crippen molar-refractivity contribution >= 4 is 5.97 Å². The van der Waals surface area contributed by atoms with Crippen molar-refractivity contribution in [3.05, 3.63) is 35.4 Å². The summed E-state index contributed by atoms with van der Waals surface area (Å²) in [4.78, 5) is 11.3. The van der Waals surface area contributed by atoms with Gasteiger partial charge in [-0.25, -0.2) is 0 Å². The SMILES string of the molecule is COC(=O)[C@H](C)NCc1ccccc1C1CC1. The van der Waals surface area contributed by atoms with Crippen LogP contribution in [0.2, 0.25) is 0 Å². The molecule has 0 unspecified atom stereocenters. The maximum absolute atomic E-state index is 11.3. The molecule has 1 aromatic carbocycles. The second-order valence-corrected chi connectivity index (χ2v) is 4.60. The molecule has 92 valence electrons. The van der Waals surface area contributed by atoms with E-state index in [0.717, 1.165) is 12.5 Å². The predicted octanol–water partition coefficient (Wildman–Crippen LogP) is 2.22. The van der Waals surface area contributed by atoms with Gasteiger partial charge >= 0.3 is 5.97 Å². The molecule has 0 spiro atoms. The van der Waals surface area contributed by atoms with Gasteiger partial charge in [-0.05, 0) is 36.8 Å². The normalized spacial score (nSPS) is 16.6. The molecule has 17 heavy (non-hydrogen) atoms. The minimum Gasteiger partial charge on any atom is -0.468 e. The van der Waals surface area contributed by atoms with Crippen molar-refractivity contribution in [3.8, 4) is 0 Å². The van der Waals surface area contributed by atoms with E-state index < -0.39 is 0 Å². The minimum absolute atomic E-state index is 0.214. The summed E-state index contributed by atoms with van der Waals surface area (Å²) in [6.45, 7) is 2.55. The molecule has 1 aliphatic rings. The van der Waals surface area contributed by atoms with E-state index in [4.69, 9.17) is 0 Å². The highest BCUT2D eigenvalue weighted by Crippen LogP contribution is 2.41. The van der Waals surface area contributed by atoms with Gasteiger partial charge in [0.1, 0.15) is 6.04 Å². The molecule has 3 heteroatoms. The van der Waals surface area contributed by atoms with Crippen molar-refractivity contribution in [1.82, 2.24) is 5.32 Å². The molecule has 0 saturated heterocycles. The van der Waals surface area contributed by atoms with E-state index in [9.17, 15) is 4.79 Å². The lowest BCUT2D eigenvalue weighted by Gasteiger charge is -2.13. The van der Waals surface area contributed by atoms with Crippen molar-refractivity contribution in [2.24, 2.45) is 0 Å². The molecule has 2 rings (SSSR count). The van der Waals surface area contributed by atoms with E-state index in [-0.39, 0.29) is 12.0 Å². The summed E-state index contributed by atoms with van der Waals surface area (Å²) in [6, 6.07) is 8.20. The standard InChI is InChI=1S/C14H19NO2/c1-10(14(16)17-2)15-9-12-5-3-4-6-13(12)11-7-8-11/h3-6,10-11,15H,7-9H2,1-2H3/t10-/m0/s1. The zero-order valence-corrected chi connectivity index (χ0v) is 10.4. The van der Waals surface area contributed by atoms with Crippen molar-refractivity contribution in [1.29, 1.82) is 0 Å². The number of esters is 1. The number of nitrogens with one attached hydrogen (secondary N) is 1. The number of hydrogen-bond donors (Lipinski definition) is 1. The Balaban J connectivity index is 1.96. The molecule has 0 amide bonds. The number of benzene rings is 1. The van der Waals surface area contributed by atoms with Crippen LogP contribution in [-0.4, -0.2) is 19.1 Å². The zero-order chi connectivity index (χ0) is 12.3. The van der Waals surface area contributed by atoms with Crippen molar-refractivity contribution < 1.29 is 9.53 Å². The topological polar surface area (TPSA) is 38.3 Å². The summed E-state index contributed by atoms with van der Waals surface area (Å²) in [5, 5.41) is 3.20. The summed E-state index contributed by atoms with van der Waals surface area (Å²) in [6.07, 6.45) is 2.59. The summed E-state index contributed by atoms with van der Waals surface area (Å²) in [5.41, 5.74) is 2.72. The molecule has 1 N–H and O–H groups in total. The third-order valence-corrected chi connectivity index (χ3v) is 3.23. The summed E-state index contributed by atoms with van der Waals surface area (Å²) >= 11 is 0. The Labute approximate surface area is 102 Å². The maximum atomic E-state index is 11.3. The van der Waals surface area contributed by atoms with Crippen LogP contribution in [0.25, 0.3) is 0 Å². The van der Waals surface area contributed by atoms with E-state index in [1.807, 2.05) is 13.0 Å². The Kier molecular flexibility index (Phi) is 3.79. The minimum atomic E-state index is -0.257. The first-order chi connectivity index (χ1) is 8.22. The van der Waals surface area contributed by atoms with Crippen molar-refractivity contribution in [3.63, 3.8) is 0 Å². The van der Waals surface area contributed by atoms with Gasteiger partial charge in [0.25, 0.3) is 0 Å². The lowest BCUT2D eigenvalue weighted by Crippen LogP contribution is -2.34. The van der Waals surface area contributed by atoms with Gasteiger partial charge in [-0.15, -0.1) is 0 Å². The van der Waals surface area contributed by atoms with Crippen LogP contribution in [0.3, 0.4) is 0 Å². The average molecular weight is 233 g/mol. The van der Waals surface area contributed by atoms with E-state index in [2.05, 4.69) is 28.3 Å². The highest BCUT2D eigenvalue weighted by atomic mass is 16.5. The van der Waals surface area contributed by atoms with E-state index in [0.29, 0.717) is 0 Å². The quantitative estimate of drug-likeness (QED) is 0.792. The Morgan fingerprint density at radius 2 is 2.18 bits per heavy atom. The third kappa shape index (κ3) is 3.07. The molecule has 0 aromatic heterocycles. The van der Waals surface area contributed by atoms with Crippen LogP contribution in [0.5, 0.6) is 0 Å². The molecule has 1 aliphatic carbocycles. The van der Waals surface area contributed by atoms with Crippen LogP contribution in [-0.2, 0) is 16.1 Å². The Hall–Kier alpha value is -1.35. The van der Waals surface area contributed by atoms with Crippen LogP contribution in [0.1, 0.15) is 36.8 Å². The number of rotatable bonds is 5. The number of methoxy groups -OCH3 is 1. The Morgan fingerprint density at radius 1 is 1.47 bits per heavy atom. The third-order valence-electron chi connectivity index (χ3n) is 3.23. The summed E-state index contributed by atoms with van der Waals surface area (Å²) < 4.78 is 4.69. The van der Waals surface area contributed by atoms with Gasteiger partial charge < -0.3 is 10.1 Å². The van der Waals surface area contributed by atoms with Crippen molar-refractivity contribution in [2.45, 2.75) is 38.3 Å². The fraction of sp³-hybridized carbons (Fsp3) is 0.500. The molecule has 3 nitrogen and oxygen atoms in total. The Bertz CT molecular complexity index is 399. The van der Waals surface area contributed by atoms with Crippen LogP contribution >= 0.6 is 0 Å². The second-order valence-electron chi connectivity index (χ2n) is 4.60. The van der Waals surface area contributed by atoms with E-state index in [1.54, 1.807) is 0 Å². The largest absolute Gasteiger partial charge is 0.468 e. The number of hydrogen-bond acceptors (Lipinski definition) is 3. The number of ether oxygens (including phenoxy) is 1. The van der Waals surface area contributed by atoms with Gasteiger partial charge in [0, 0.05) is 6.54 Å². The highest BCUT2D eigenvalue weighted by molar-refractivity contribution is 5.75. The molecule has 1 aromatic rings. The van der Waals surface area contributed by atoms with Crippen molar-refractivity contribution in [2.75, 3.05) is 7.11 Å². The first-order valence-electron chi connectivity index (χ1n) is 6.11. The second kappa shape index (κ2) is 5.32. The molecule has 0 aliphatic heterocycles. The molecule has 0 heterocycles. The van der Waals surface area contributed by atoms with Gasteiger partial charge in [0.2, 0.25) is 0 Å². The van der Waals surface area contributed by atoms with Gasteiger partial charge in [-0.2, -0.15) is 0 Å².